The van der Waals surface area contributed by atoms with Gasteiger partial charge in [-0.3, -0.25) is 9.59 Å². The molecular formula is C26H27FN4O2. The number of nitrogens with one attached hydrogen (secondary N) is 1. The average Bonchev–Trinajstić information content (AvgIpc) is 2.84. The molecule has 1 atom stereocenters. The molecule has 33 heavy (non-hydrogen) atoms. The molecule has 0 saturated carbocycles. The first-order valence-corrected chi connectivity index (χ1v) is 11.2. The predicted molar refractivity (Wildman–Crippen MR) is 123 cm³/mol. The third-order valence-electron chi connectivity index (χ3n) is 5.93. The number of hydrogen-bond donors (Lipinski definition) is 1. The van der Waals surface area contributed by atoms with Gasteiger partial charge in [-0.25, -0.2) is 14.4 Å². The number of likely N-dealkylation sites (tertiary alicyclic amines) is 1. The smallest absolute Gasteiger partial charge is 0.254 e. The number of rotatable bonds is 6. The summed E-state index contributed by atoms with van der Waals surface area (Å²) in [6, 6.07) is 15.5. The summed E-state index contributed by atoms with van der Waals surface area (Å²) in [7, 11) is 0. The molecule has 1 fully saturated rings. The molecule has 1 aliphatic heterocycles. The van der Waals surface area contributed by atoms with E-state index in [-0.39, 0.29) is 30.1 Å². The minimum absolute atomic E-state index is 0.0303. The van der Waals surface area contributed by atoms with Crippen molar-refractivity contribution in [2.24, 2.45) is 0 Å². The number of piperidine rings is 1. The molecule has 1 aliphatic rings. The maximum absolute atomic E-state index is 13.2. The maximum Gasteiger partial charge on any atom is 0.254 e. The quantitative estimate of drug-likeness (QED) is 0.617. The summed E-state index contributed by atoms with van der Waals surface area (Å²) >= 11 is 0. The molecule has 4 rings (SSSR count). The molecule has 2 aromatic carbocycles. The molecule has 0 radical (unpaired) electrons. The first kappa shape index (κ1) is 22.6. The first-order chi connectivity index (χ1) is 16.0. The Bertz CT molecular complexity index is 1120. The molecule has 2 heterocycles. The molecule has 6 nitrogen and oxygen atoms in total. The van der Waals surface area contributed by atoms with Crippen molar-refractivity contribution in [3.05, 3.63) is 94.8 Å². The van der Waals surface area contributed by atoms with Crippen molar-refractivity contribution in [2.45, 2.75) is 45.2 Å². The summed E-state index contributed by atoms with van der Waals surface area (Å²) in [6.45, 7) is 2.84. The van der Waals surface area contributed by atoms with Crippen molar-refractivity contribution in [1.29, 1.82) is 0 Å². The van der Waals surface area contributed by atoms with Crippen LogP contribution in [0, 0.1) is 12.7 Å². The normalized spacial score (nSPS) is 15.8. The van der Waals surface area contributed by atoms with Crippen LogP contribution in [0.2, 0.25) is 0 Å². The molecular weight excluding hydrogens is 419 g/mol. The van der Waals surface area contributed by atoms with Crippen LogP contribution >= 0.6 is 0 Å². The largest absolute Gasteiger partial charge is 0.348 e. The van der Waals surface area contributed by atoms with Gasteiger partial charge < -0.3 is 10.2 Å². The second kappa shape index (κ2) is 10.3. The van der Waals surface area contributed by atoms with Gasteiger partial charge in [0.25, 0.3) is 5.91 Å². The Morgan fingerprint density at radius 3 is 2.55 bits per heavy atom. The van der Waals surface area contributed by atoms with Crippen LogP contribution in [0.5, 0.6) is 0 Å². The summed E-state index contributed by atoms with van der Waals surface area (Å²) in [4.78, 5) is 36.6. The van der Waals surface area contributed by atoms with Gasteiger partial charge in [0.15, 0.2) is 5.82 Å². The molecule has 1 saturated heterocycles. The van der Waals surface area contributed by atoms with Crippen LogP contribution in [-0.4, -0.2) is 33.2 Å². The van der Waals surface area contributed by atoms with Gasteiger partial charge >= 0.3 is 0 Å². The molecule has 170 valence electrons. The lowest BCUT2D eigenvalue weighted by atomic mass is 9.99. The monoisotopic (exact) mass is 446 g/mol. The van der Waals surface area contributed by atoms with Crippen LogP contribution in [0.1, 0.15) is 58.3 Å². The number of aromatic nitrogens is 2. The van der Waals surface area contributed by atoms with Crippen LogP contribution in [0.15, 0.2) is 60.8 Å². The van der Waals surface area contributed by atoms with Crippen molar-refractivity contribution in [2.75, 3.05) is 6.54 Å². The number of aryl methyl sites for hydroxylation is 1. The van der Waals surface area contributed by atoms with E-state index in [0.717, 1.165) is 30.4 Å². The second-order valence-electron chi connectivity index (χ2n) is 8.30. The van der Waals surface area contributed by atoms with Crippen LogP contribution in [0.25, 0.3) is 0 Å². The van der Waals surface area contributed by atoms with Crippen molar-refractivity contribution >= 4 is 11.8 Å². The van der Waals surface area contributed by atoms with E-state index >= 15 is 0 Å². The fourth-order valence-electron chi connectivity index (χ4n) is 4.12. The first-order valence-electron chi connectivity index (χ1n) is 11.2. The van der Waals surface area contributed by atoms with Crippen molar-refractivity contribution in [1.82, 2.24) is 20.2 Å². The lowest BCUT2D eigenvalue weighted by Gasteiger charge is -2.35. The predicted octanol–water partition coefficient (Wildman–Crippen LogP) is 4.15. The molecule has 7 heteroatoms. The zero-order valence-corrected chi connectivity index (χ0v) is 18.6. The number of carbonyl (C=O) groups excluding carboxylic acids is 2. The van der Waals surface area contributed by atoms with Gasteiger partial charge in [-0.2, -0.15) is 0 Å². The van der Waals surface area contributed by atoms with Crippen molar-refractivity contribution in [3.63, 3.8) is 0 Å². The molecule has 0 spiro atoms. The van der Waals surface area contributed by atoms with Gasteiger partial charge in [-0.05, 0) is 49.4 Å². The third-order valence-corrected chi connectivity index (χ3v) is 5.93. The summed E-state index contributed by atoms with van der Waals surface area (Å²) in [5.41, 5.74) is 2.79. The zero-order chi connectivity index (χ0) is 23.2. The Morgan fingerprint density at radius 2 is 1.82 bits per heavy atom. The van der Waals surface area contributed by atoms with E-state index in [4.69, 9.17) is 0 Å². The van der Waals surface area contributed by atoms with Crippen LogP contribution in [-0.2, 0) is 17.8 Å². The average molecular weight is 447 g/mol. The van der Waals surface area contributed by atoms with E-state index in [2.05, 4.69) is 15.3 Å². The number of nitrogens with zero attached hydrogens (tertiary/aromatic N) is 3. The SMILES string of the molecule is Cc1nc([C@@H]2CCCCN2C(=O)Cc2ccc(F)cc2)ncc1C(=O)NCc1ccccc1. The fourth-order valence-corrected chi connectivity index (χ4v) is 4.12. The van der Waals surface area contributed by atoms with Gasteiger partial charge in [-0.1, -0.05) is 42.5 Å². The highest BCUT2D eigenvalue weighted by Crippen LogP contribution is 2.30. The molecule has 2 amide bonds. The molecule has 1 N–H and O–H groups in total. The number of halogens is 1. The highest BCUT2D eigenvalue weighted by molar-refractivity contribution is 5.94. The molecule has 1 aromatic heterocycles. The number of benzene rings is 2. The lowest BCUT2D eigenvalue weighted by Crippen LogP contribution is -2.40. The number of amides is 2. The Hall–Kier alpha value is -3.61. The summed E-state index contributed by atoms with van der Waals surface area (Å²) in [6.07, 6.45) is 4.43. The van der Waals surface area contributed by atoms with E-state index in [1.165, 1.54) is 12.1 Å². The van der Waals surface area contributed by atoms with E-state index in [0.29, 0.717) is 30.2 Å². The molecule has 0 aliphatic carbocycles. The zero-order valence-electron chi connectivity index (χ0n) is 18.6. The molecule has 3 aromatic rings. The maximum atomic E-state index is 13.2. The highest BCUT2D eigenvalue weighted by atomic mass is 19.1. The Morgan fingerprint density at radius 1 is 1.06 bits per heavy atom. The fraction of sp³-hybridized carbons (Fsp3) is 0.308. The summed E-state index contributed by atoms with van der Waals surface area (Å²) < 4.78 is 13.2. The van der Waals surface area contributed by atoms with Gasteiger partial charge in [0, 0.05) is 19.3 Å². The van der Waals surface area contributed by atoms with Gasteiger partial charge in [0.2, 0.25) is 5.91 Å². The topological polar surface area (TPSA) is 75.2 Å². The van der Waals surface area contributed by atoms with Crippen molar-refractivity contribution in [3.8, 4) is 0 Å². The van der Waals surface area contributed by atoms with E-state index in [1.54, 1.807) is 25.3 Å². The third kappa shape index (κ3) is 5.61. The Balaban J connectivity index is 1.46. The molecule has 0 unspecified atom stereocenters. The lowest BCUT2D eigenvalue weighted by molar-refractivity contribution is -0.134. The van der Waals surface area contributed by atoms with Gasteiger partial charge in [0.05, 0.1) is 23.7 Å². The minimum Gasteiger partial charge on any atom is -0.348 e. The molecule has 0 bridgehead atoms. The van der Waals surface area contributed by atoms with Crippen LogP contribution in [0.4, 0.5) is 4.39 Å². The Kier molecular flexibility index (Phi) is 7.07. The second-order valence-corrected chi connectivity index (χ2v) is 8.30. The summed E-state index contributed by atoms with van der Waals surface area (Å²) in [5.74, 6) is -0.0221. The van der Waals surface area contributed by atoms with Crippen LogP contribution in [0.3, 0.4) is 0 Å². The van der Waals surface area contributed by atoms with Gasteiger partial charge in [-0.15, -0.1) is 0 Å². The number of carbonyl (C=O) groups is 2. The standard InChI is InChI=1S/C26H27FN4O2/c1-18-22(26(33)29-16-20-7-3-2-4-8-20)17-28-25(30-18)23-9-5-6-14-31(23)24(32)15-19-10-12-21(27)13-11-19/h2-4,7-8,10-13,17,23H,5-6,9,14-16H2,1H3,(H,29,33)/t23-/m0/s1. The highest BCUT2D eigenvalue weighted by Gasteiger charge is 2.30. The van der Waals surface area contributed by atoms with Crippen molar-refractivity contribution < 1.29 is 14.0 Å². The van der Waals surface area contributed by atoms with E-state index < -0.39 is 0 Å². The van der Waals surface area contributed by atoms with Gasteiger partial charge in [0.1, 0.15) is 5.82 Å². The minimum atomic E-state index is -0.321. The van der Waals surface area contributed by atoms with Crippen LogP contribution < -0.4 is 5.32 Å². The Labute approximate surface area is 192 Å². The number of hydrogen-bond acceptors (Lipinski definition) is 4. The van der Waals surface area contributed by atoms with E-state index in [1.807, 2.05) is 35.2 Å². The van der Waals surface area contributed by atoms with E-state index in [9.17, 15) is 14.0 Å². The summed E-state index contributed by atoms with van der Waals surface area (Å²) in [5, 5.41) is 2.90.